The van der Waals surface area contributed by atoms with E-state index in [1.54, 1.807) is 21.0 Å². The van der Waals surface area contributed by atoms with E-state index in [-0.39, 0.29) is 56.3 Å². The van der Waals surface area contributed by atoms with Crippen molar-refractivity contribution in [1.29, 1.82) is 0 Å². The highest BCUT2D eigenvalue weighted by Crippen LogP contribution is 2.48. The normalized spacial score (nSPS) is 41.8. The molecule has 3 aliphatic heterocycles. The number of ketones is 2. The van der Waals surface area contributed by atoms with Gasteiger partial charge in [-0.25, -0.2) is 4.79 Å². The van der Waals surface area contributed by atoms with Crippen molar-refractivity contribution in [1.82, 2.24) is 4.90 Å². The summed E-state index contributed by atoms with van der Waals surface area (Å²) in [5.41, 5.74) is -4.71. The van der Waals surface area contributed by atoms with Crippen LogP contribution >= 0.6 is 0 Å². The lowest BCUT2D eigenvalue weighted by molar-refractivity contribution is -0.183. The van der Waals surface area contributed by atoms with Crippen LogP contribution in [-0.4, -0.2) is 130 Å². The number of hydrogen-bond donors (Lipinski definition) is 4. The number of aliphatic hydroxyl groups is 4. The number of carbonyl (C=O) groups is 4. The van der Waals surface area contributed by atoms with Gasteiger partial charge in [0.15, 0.2) is 0 Å². The third kappa shape index (κ3) is 8.89. The van der Waals surface area contributed by atoms with E-state index in [1.807, 2.05) is 39.8 Å². The van der Waals surface area contributed by atoms with E-state index in [2.05, 4.69) is 0 Å². The molecule has 13 unspecified atom stereocenters. The highest BCUT2D eigenvalue weighted by molar-refractivity contribution is 6.28. The van der Waals surface area contributed by atoms with Crippen LogP contribution in [-0.2, 0) is 38.1 Å². The van der Waals surface area contributed by atoms with Gasteiger partial charge in [0.1, 0.15) is 17.5 Å². The van der Waals surface area contributed by atoms with Gasteiger partial charge in [-0.3, -0.25) is 14.4 Å². The first kappa shape index (κ1) is 46.2. The van der Waals surface area contributed by atoms with Crippen LogP contribution in [0.1, 0.15) is 119 Å². The maximum absolute atomic E-state index is 15.0. The van der Waals surface area contributed by atoms with Crippen LogP contribution < -0.4 is 0 Å². The fraction of sp³-hybridized carbons (Fsp3) is 0.814. The highest BCUT2D eigenvalue weighted by atomic mass is 16.6. The Kier molecular flexibility index (Phi) is 15.7. The van der Waals surface area contributed by atoms with Crippen LogP contribution in [0.2, 0.25) is 0 Å². The van der Waals surface area contributed by atoms with Gasteiger partial charge in [-0.1, -0.05) is 45.4 Å². The first-order valence-electron chi connectivity index (χ1n) is 20.7. The van der Waals surface area contributed by atoms with Crippen molar-refractivity contribution < 1.29 is 58.6 Å². The van der Waals surface area contributed by atoms with Crippen LogP contribution in [0, 0.1) is 23.7 Å². The third-order valence-corrected chi connectivity index (χ3v) is 13.7. The Morgan fingerprint density at radius 2 is 1.55 bits per heavy atom. The van der Waals surface area contributed by atoms with Crippen LogP contribution in [0.3, 0.4) is 0 Å². The second kappa shape index (κ2) is 19.0. The fourth-order valence-electron chi connectivity index (χ4n) is 10.1. The zero-order valence-electron chi connectivity index (χ0n) is 35.1. The van der Waals surface area contributed by atoms with Crippen LogP contribution in [0.15, 0.2) is 23.3 Å². The molecule has 4 aliphatic rings. The summed E-state index contributed by atoms with van der Waals surface area (Å²) < 4.78 is 23.6. The lowest BCUT2D eigenvalue weighted by atomic mass is 9.73. The fourth-order valence-corrected chi connectivity index (χ4v) is 10.1. The number of piperidine rings is 1. The quantitative estimate of drug-likeness (QED) is 0.172. The third-order valence-electron chi connectivity index (χ3n) is 13.7. The molecule has 0 aromatic carbocycles. The maximum Gasteiger partial charge on any atom is 0.340 e. The number of Topliss-reactive ketones (excluding diaryl/α,β-unsaturated/α-hetero) is 2. The number of carbonyl (C=O) groups excluding carboxylic acids is 4. The standard InChI is InChI=1S/C43H69NO12/c1-10-42(27(4)21-30-14-16-32(46)34(23-30)53-7)29(6)33(47)24-31(45)15-13-25(2)19-26(3)20-35(54-8)37(48)36(55-9)22-28(5)43(52)38(49)41(40(51)56-42)17-11-12-18-44(41)39(43)50/h13,21,26,28-30,32-37,46-48,52H,10-12,14-20,22-24H2,1-9H3. The molecule has 13 heteroatoms. The Morgan fingerprint density at radius 3 is 2.18 bits per heavy atom. The van der Waals surface area contributed by atoms with E-state index < -0.39 is 82.9 Å². The predicted octanol–water partition coefficient (Wildman–Crippen LogP) is 4.01. The lowest BCUT2D eigenvalue weighted by Gasteiger charge is -2.45. The molecule has 318 valence electrons. The van der Waals surface area contributed by atoms with Crippen molar-refractivity contribution in [3.8, 4) is 0 Å². The molecule has 3 fully saturated rings. The summed E-state index contributed by atoms with van der Waals surface area (Å²) in [5.74, 6) is -5.01. The van der Waals surface area contributed by atoms with Crippen molar-refractivity contribution in [2.75, 3.05) is 27.9 Å². The number of hydrogen-bond acceptors (Lipinski definition) is 12. The molecule has 1 amide bonds. The maximum atomic E-state index is 15.0. The Morgan fingerprint density at radius 1 is 0.911 bits per heavy atom. The first-order chi connectivity index (χ1) is 26.4. The number of cyclic esters (lactones) is 1. The molecule has 0 aromatic heterocycles. The topological polar surface area (TPSA) is 189 Å². The summed E-state index contributed by atoms with van der Waals surface area (Å²) in [6.45, 7) is 10.9. The van der Waals surface area contributed by atoms with Gasteiger partial charge in [-0.15, -0.1) is 0 Å². The van der Waals surface area contributed by atoms with Gasteiger partial charge < -0.3 is 44.3 Å². The lowest BCUT2D eigenvalue weighted by Crippen LogP contribution is -2.62. The molecular formula is C43H69NO12. The molecule has 56 heavy (non-hydrogen) atoms. The van der Waals surface area contributed by atoms with Crippen LogP contribution in [0.4, 0.5) is 0 Å². The summed E-state index contributed by atoms with van der Waals surface area (Å²) in [4.78, 5) is 58.9. The van der Waals surface area contributed by atoms with Crippen molar-refractivity contribution in [2.24, 2.45) is 23.7 Å². The smallest absolute Gasteiger partial charge is 0.340 e. The Balaban J connectivity index is 1.86. The number of fused-ring (bicyclic) bond motifs is 1. The van der Waals surface area contributed by atoms with Gasteiger partial charge in [0, 0.05) is 52.6 Å². The predicted molar refractivity (Wildman–Crippen MR) is 208 cm³/mol. The molecule has 13 nitrogen and oxygen atoms in total. The molecule has 3 heterocycles. The summed E-state index contributed by atoms with van der Waals surface area (Å²) in [5, 5.41) is 46.1. The highest BCUT2D eigenvalue weighted by Gasteiger charge is 2.73. The first-order valence-corrected chi connectivity index (χ1v) is 20.7. The number of amides is 1. The zero-order valence-corrected chi connectivity index (χ0v) is 35.1. The van der Waals surface area contributed by atoms with E-state index in [9.17, 15) is 34.8 Å². The van der Waals surface area contributed by atoms with Crippen LogP contribution in [0.25, 0.3) is 0 Å². The van der Waals surface area contributed by atoms with Crippen molar-refractivity contribution >= 4 is 23.4 Å². The zero-order chi connectivity index (χ0) is 41.7. The minimum absolute atomic E-state index is 0.0308. The molecular weight excluding hydrogens is 722 g/mol. The number of methoxy groups -OCH3 is 3. The van der Waals surface area contributed by atoms with E-state index in [0.717, 1.165) is 5.57 Å². The minimum Gasteiger partial charge on any atom is -0.452 e. The van der Waals surface area contributed by atoms with Gasteiger partial charge in [-0.2, -0.15) is 0 Å². The number of ether oxygens (including phenoxy) is 4. The Hall–Kier alpha value is -2.52. The molecule has 0 radical (unpaired) electrons. The van der Waals surface area contributed by atoms with Crippen LogP contribution in [0.5, 0.6) is 0 Å². The average molecular weight is 792 g/mol. The molecule has 2 bridgehead atoms. The molecule has 1 spiro atoms. The van der Waals surface area contributed by atoms with E-state index >= 15 is 4.79 Å². The SMILES string of the molecule is CCC1(C(C)=CC2CCC(O)C(OC)C2)OC(=O)C23CCCCN2C(=O)C(O)(C3=O)C(C)CC(OC)C(O)C(OC)CC(C)CC(C)=CCC(=O)CC(O)C1C. The number of nitrogens with zero attached hydrogens (tertiary/aromatic N) is 1. The molecule has 4 rings (SSSR count). The number of aliphatic hydroxyl groups excluding tert-OH is 3. The number of allylic oxidation sites excluding steroid dienone is 3. The molecule has 1 saturated carbocycles. The van der Waals surface area contributed by atoms with E-state index in [4.69, 9.17) is 18.9 Å². The van der Waals surface area contributed by atoms with Gasteiger partial charge in [0.2, 0.25) is 16.9 Å². The number of rotatable bonds is 6. The van der Waals surface area contributed by atoms with E-state index in [0.29, 0.717) is 50.5 Å². The van der Waals surface area contributed by atoms with Gasteiger partial charge in [-0.05, 0) is 95.5 Å². The molecule has 0 aromatic rings. The summed E-state index contributed by atoms with van der Waals surface area (Å²) in [6, 6.07) is 0. The summed E-state index contributed by atoms with van der Waals surface area (Å²) >= 11 is 0. The second-order valence-corrected chi connectivity index (χ2v) is 17.3. The second-order valence-electron chi connectivity index (χ2n) is 17.3. The Labute approximate surface area is 333 Å². The number of esters is 1. The van der Waals surface area contributed by atoms with Crippen molar-refractivity contribution in [3.05, 3.63) is 23.3 Å². The van der Waals surface area contributed by atoms with Gasteiger partial charge >= 0.3 is 5.97 Å². The van der Waals surface area contributed by atoms with Crippen molar-refractivity contribution in [3.63, 3.8) is 0 Å². The largest absolute Gasteiger partial charge is 0.452 e. The van der Waals surface area contributed by atoms with Crippen molar-refractivity contribution in [2.45, 2.75) is 172 Å². The van der Waals surface area contributed by atoms with Gasteiger partial charge in [0.25, 0.3) is 5.91 Å². The molecule has 13 atom stereocenters. The van der Waals surface area contributed by atoms with Gasteiger partial charge in [0.05, 0.1) is 30.5 Å². The summed E-state index contributed by atoms with van der Waals surface area (Å²) in [6.07, 6.45) is 2.31. The monoisotopic (exact) mass is 791 g/mol. The molecule has 2 saturated heterocycles. The summed E-state index contributed by atoms with van der Waals surface area (Å²) in [7, 11) is 4.45. The average Bonchev–Trinajstić information content (AvgIpc) is 3.36. The molecule has 1 aliphatic carbocycles. The molecule has 4 N–H and O–H groups in total. The Bertz CT molecular complexity index is 1480. The minimum atomic E-state index is -2.62. The van der Waals surface area contributed by atoms with E-state index in [1.165, 1.54) is 19.1 Å².